The fraction of sp³-hybridized carbons (Fsp3) is 0.526. The fourth-order valence-corrected chi connectivity index (χ4v) is 3.22. The first-order valence-electron chi connectivity index (χ1n) is 8.52. The van der Waals surface area contributed by atoms with E-state index in [-0.39, 0.29) is 23.4 Å². The molecule has 1 aromatic rings. The fourth-order valence-electron chi connectivity index (χ4n) is 3.22. The molecule has 0 saturated heterocycles. The molecule has 2 rings (SSSR count). The van der Waals surface area contributed by atoms with Gasteiger partial charge in [-0.25, -0.2) is 0 Å². The van der Waals surface area contributed by atoms with Gasteiger partial charge in [0.1, 0.15) is 0 Å². The number of ether oxygens (including phenoxy) is 2. The monoisotopic (exact) mass is 353 g/mol. The van der Waals surface area contributed by atoms with E-state index in [0.717, 1.165) is 12.8 Å². The summed E-state index contributed by atoms with van der Waals surface area (Å²) < 4.78 is 34.8. The molecule has 1 N–H and O–H groups in total. The van der Waals surface area contributed by atoms with Crippen molar-refractivity contribution >= 4 is 12.0 Å². The summed E-state index contributed by atoms with van der Waals surface area (Å²) in [5, 5.41) is 3.01. The van der Waals surface area contributed by atoms with Gasteiger partial charge in [-0.2, -0.15) is 8.78 Å². The summed E-state index contributed by atoms with van der Waals surface area (Å²) in [5.41, 5.74) is 0.361. The summed E-state index contributed by atoms with van der Waals surface area (Å²) >= 11 is 0. The maximum Gasteiger partial charge on any atom is 0.387 e. The van der Waals surface area contributed by atoms with Crippen molar-refractivity contribution in [3.8, 4) is 11.5 Å². The smallest absolute Gasteiger partial charge is 0.387 e. The molecule has 4 nitrogen and oxygen atoms in total. The molecule has 0 spiro atoms. The summed E-state index contributed by atoms with van der Waals surface area (Å²) in [6.45, 7) is 1.37. The Morgan fingerprint density at radius 2 is 2.08 bits per heavy atom. The number of halogens is 2. The van der Waals surface area contributed by atoms with Crippen LogP contribution in [-0.4, -0.2) is 25.7 Å². The SMILES string of the molecule is COc1cccc(/C=C/C(=O)NC2CCCC(C)C2C)c1OC(F)F. The van der Waals surface area contributed by atoms with Crippen molar-refractivity contribution in [2.45, 2.75) is 45.8 Å². The second kappa shape index (κ2) is 8.83. The predicted octanol–water partition coefficient (Wildman–Crippen LogP) is 4.25. The molecular weight excluding hydrogens is 328 g/mol. The lowest BCUT2D eigenvalue weighted by Crippen LogP contribution is -2.43. The highest BCUT2D eigenvalue weighted by Crippen LogP contribution is 2.33. The van der Waals surface area contributed by atoms with E-state index in [9.17, 15) is 13.6 Å². The van der Waals surface area contributed by atoms with Crippen molar-refractivity contribution in [2.75, 3.05) is 7.11 Å². The number of carbonyl (C=O) groups excluding carboxylic acids is 1. The van der Waals surface area contributed by atoms with Crippen LogP contribution in [0.5, 0.6) is 11.5 Å². The Bertz CT molecular complexity index is 619. The van der Waals surface area contributed by atoms with Gasteiger partial charge in [-0.1, -0.05) is 38.8 Å². The summed E-state index contributed by atoms with van der Waals surface area (Å²) in [5.74, 6) is 0.867. The van der Waals surface area contributed by atoms with Gasteiger partial charge in [0.25, 0.3) is 0 Å². The Balaban J connectivity index is 2.09. The van der Waals surface area contributed by atoms with Crippen molar-refractivity contribution in [1.29, 1.82) is 0 Å². The van der Waals surface area contributed by atoms with Gasteiger partial charge in [0.2, 0.25) is 5.91 Å². The van der Waals surface area contributed by atoms with Crippen molar-refractivity contribution in [2.24, 2.45) is 11.8 Å². The Hall–Kier alpha value is -2.11. The van der Waals surface area contributed by atoms with Crippen LogP contribution in [-0.2, 0) is 4.79 Å². The summed E-state index contributed by atoms with van der Waals surface area (Å²) in [4.78, 5) is 12.2. The number of hydrogen-bond donors (Lipinski definition) is 1. The Morgan fingerprint density at radius 3 is 2.76 bits per heavy atom. The van der Waals surface area contributed by atoms with Crippen LogP contribution >= 0.6 is 0 Å². The second-order valence-corrected chi connectivity index (χ2v) is 6.47. The zero-order valence-electron chi connectivity index (χ0n) is 14.8. The van der Waals surface area contributed by atoms with Gasteiger partial charge in [0.05, 0.1) is 7.11 Å². The number of methoxy groups -OCH3 is 1. The molecular formula is C19H25F2NO3. The van der Waals surface area contributed by atoms with Crippen molar-refractivity contribution in [3.05, 3.63) is 29.8 Å². The first kappa shape index (κ1) is 19.2. The average molecular weight is 353 g/mol. The molecule has 25 heavy (non-hydrogen) atoms. The molecule has 0 radical (unpaired) electrons. The Morgan fingerprint density at radius 1 is 1.32 bits per heavy atom. The van der Waals surface area contributed by atoms with E-state index in [1.165, 1.54) is 31.7 Å². The number of nitrogens with one attached hydrogen (secondary N) is 1. The standard InChI is InChI=1S/C19H25F2NO3/c1-12-6-4-8-15(13(12)2)22-17(23)11-10-14-7-5-9-16(24-3)18(14)25-19(20)21/h5,7,9-13,15,19H,4,6,8H2,1-3H3,(H,22,23)/b11-10+. The maximum absolute atomic E-state index is 12.6. The van der Waals surface area contributed by atoms with Gasteiger partial charge < -0.3 is 14.8 Å². The predicted molar refractivity (Wildman–Crippen MR) is 92.8 cm³/mol. The lowest BCUT2D eigenvalue weighted by Gasteiger charge is -2.34. The third-order valence-electron chi connectivity index (χ3n) is 4.88. The molecule has 0 aromatic heterocycles. The van der Waals surface area contributed by atoms with E-state index >= 15 is 0 Å². The van der Waals surface area contributed by atoms with E-state index in [0.29, 0.717) is 17.4 Å². The van der Waals surface area contributed by atoms with Crippen LogP contribution in [0.1, 0.15) is 38.7 Å². The molecule has 1 saturated carbocycles. The largest absolute Gasteiger partial charge is 0.493 e. The van der Waals surface area contributed by atoms with Crippen LogP contribution in [0.4, 0.5) is 8.78 Å². The topological polar surface area (TPSA) is 47.6 Å². The highest BCUT2D eigenvalue weighted by molar-refractivity contribution is 5.92. The number of alkyl halides is 2. The quantitative estimate of drug-likeness (QED) is 0.778. The molecule has 0 aliphatic heterocycles. The third kappa shape index (κ3) is 5.18. The minimum Gasteiger partial charge on any atom is -0.493 e. The summed E-state index contributed by atoms with van der Waals surface area (Å²) in [7, 11) is 1.37. The molecule has 1 amide bonds. The van der Waals surface area contributed by atoms with Crippen molar-refractivity contribution in [1.82, 2.24) is 5.32 Å². The van der Waals surface area contributed by atoms with Gasteiger partial charge in [-0.05, 0) is 30.4 Å². The lowest BCUT2D eigenvalue weighted by molar-refractivity contribution is -0.117. The summed E-state index contributed by atoms with van der Waals surface area (Å²) in [6.07, 6.45) is 6.06. The van der Waals surface area contributed by atoms with Crippen LogP contribution in [0.25, 0.3) is 6.08 Å². The zero-order chi connectivity index (χ0) is 18.4. The third-order valence-corrected chi connectivity index (χ3v) is 4.88. The van der Waals surface area contributed by atoms with Gasteiger partial charge in [-0.3, -0.25) is 4.79 Å². The number of carbonyl (C=O) groups is 1. The molecule has 138 valence electrons. The Kier molecular flexibility index (Phi) is 6.79. The molecule has 1 fully saturated rings. The van der Waals surface area contributed by atoms with Crippen LogP contribution in [0, 0.1) is 11.8 Å². The van der Waals surface area contributed by atoms with Gasteiger partial charge >= 0.3 is 6.61 Å². The normalized spacial score (nSPS) is 23.7. The maximum atomic E-state index is 12.6. The average Bonchev–Trinajstić information content (AvgIpc) is 2.57. The van der Waals surface area contributed by atoms with Crippen molar-refractivity contribution < 1.29 is 23.0 Å². The first-order chi connectivity index (χ1) is 11.9. The number of benzene rings is 1. The zero-order valence-corrected chi connectivity index (χ0v) is 14.8. The molecule has 1 aliphatic carbocycles. The van der Waals surface area contributed by atoms with Crippen molar-refractivity contribution in [3.63, 3.8) is 0 Å². The first-order valence-corrected chi connectivity index (χ1v) is 8.52. The second-order valence-electron chi connectivity index (χ2n) is 6.47. The summed E-state index contributed by atoms with van der Waals surface area (Å²) in [6, 6.07) is 4.91. The molecule has 1 aromatic carbocycles. The minimum absolute atomic E-state index is 0.0799. The van der Waals surface area contributed by atoms with Gasteiger partial charge in [0.15, 0.2) is 11.5 Å². The molecule has 3 atom stereocenters. The van der Waals surface area contributed by atoms with Gasteiger partial charge in [-0.15, -0.1) is 0 Å². The molecule has 1 aliphatic rings. The van der Waals surface area contributed by atoms with E-state index in [2.05, 4.69) is 23.9 Å². The Labute approximate surface area is 147 Å². The van der Waals surface area contributed by atoms with Crippen LogP contribution in [0.3, 0.4) is 0 Å². The van der Waals surface area contributed by atoms with Gasteiger partial charge in [0, 0.05) is 17.7 Å². The molecule has 6 heteroatoms. The van der Waals surface area contributed by atoms with E-state index < -0.39 is 6.61 Å². The number of amides is 1. The minimum atomic E-state index is -2.97. The molecule has 0 bridgehead atoms. The number of para-hydroxylation sites is 1. The molecule has 3 unspecified atom stereocenters. The number of rotatable bonds is 6. The van der Waals surface area contributed by atoms with E-state index in [1.54, 1.807) is 12.1 Å². The van der Waals surface area contributed by atoms with E-state index in [1.807, 2.05) is 0 Å². The van der Waals surface area contributed by atoms with Crippen LogP contribution in [0.2, 0.25) is 0 Å². The van der Waals surface area contributed by atoms with Crippen LogP contribution < -0.4 is 14.8 Å². The lowest BCUT2D eigenvalue weighted by atomic mass is 9.78. The van der Waals surface area contributed by atoms with E-state index in [4.69, 9.17) is 4.74 Å². The van der Waals surface area contributed by atoms with Crippen LogP contribution in [0.15, 0.2) is 24.3 Å². The highest BCUT2D eigenvalue weighted by Gasteiger charge is 2.27. The number of hydrogen-bond acceptors (Lipinski definition) is 3. The highest BCUT2D eigenvalue weighted by atomic mass is 19.3. The molecule has 0 heterocycles.